The second-order valence-electron chi connectivity index (χ2n) is 12.8. The van der Waals surface area contributed by atoms with Gasteiger partial charge in [0.15, 0.2) is 0 Å². The molecule has 59 heavy (non-hydrogen) atoms. The summed E-state index contributed by atoms with van der Waals surface area (Å²) in [5.41, 5.74) is -3.98. The van der Waals surface area contributed by atoms with Gasteiger partial charge in [0.1, 0.15) is 39.6 Å². The van der Waals surface area contributed by atoms with Crippen molar-refractivity contribution in [1.82, 2.24) is 0 Å². The van der Waals surface area contributed by atoms with E-state index >= 15 is 0 Å². The first-order chi connectivity index (χ1) is 27.6. The molecule has 25 nitrogen and oxygen atoms in total. The minimum absolute atomic E-state index is 0.681. The molecule has 0 atom stereocenters. The summed E-state index contributed by atoms with van der Waals surface area (Å²) >= 11 is 0. The smallest absolute Gasteiger partial charge is 0.306 e. The van der Waals surface area contributed by atoms with Crippen LogP contribution in [0.5, 0.6) is 0 Å². The standard InChI is InChI=1S/C34H46O25/c35-21(36)1-7-27(47)54-15-33(16-55-28(48)8-2-22(37)38,17-56-29(49)9-3-23(39)40)13-53-14-34(18-57-30(50)10-4-24(41)42,19-58-31(51)11-5-25(43)44)20-59-32(52)12-6-26(45)46/h1-20H2,(H,35,36)(H,37,38)(H,39,40)(H,41,42)(H,43,44)(H,45,46). The zero-order valence-corrected chi connectivity index (χ0v) is 31.6. The minimum atomic E-state index is -1.99. The van der Waals surface area contributed by atoms with Crippen LogP contribution in [0.2, 0.25) is 0 Å². The van der Waals surface area contributed by atoms with Crippen LogP contribution in [-0.2, 0) is 90.7 Å². The maximum Gasteiger partial charge on any atom is 0.306 e. The molecule has 0 aliphatic heterocycles. The quantitative estimate of drug-likeness (QED) is 0.0348. The summed E-state index contributed by atoms with van der Waals surface area (Å²) in [4.78, 5) is 141. The number of esters is 6. The number of carboxylic acids is 6. The molecule has 332 valence electrons. The third-order valence-corrected chi connectivity index (χ3v) is 7.31. The molecule has 0 rings (SSSR count). The first kappa shape index (κ1) is 52.6. The fourth-order valence-corrected chi connectivity index (χ4v) is 4.07. The molecule has 0 fully saturated rings. The van der Waals surface area contributed by atoms with Gasteiger partial charge in [-0.05, 0) is 0 Å². The zero-order valence-electron chi connectivity index (χ0n) is 31.6. The van der Waals surface area contributed by atoms with Crippen molar-refractivity contribution in [3.05, 3.63) is 0 Å². The van der Waals surface area contributed by atoms with E-state index in [1.165, 1.54) is 0 Å². The van der Waals surface area contributed by atoms with Crippen molar-refractivity contribution in [3.63, 3.8) is 0 Å². The molecule has 0 saturated heterocycles. The molecule has 0 aromatic rings. The summed E-state index contributed by atoms with van der Waals surface area (Å²) in [6.07, 6.45) is -8.25. The largest absolute Gasteiger partial charge is 0.481 e. The van der Waals surface area contributed by atoms with Crippen molar-refractivity contribution >= 4 is 71.6 Å². The van der Waals surface area contributed by atoms with Gasteiger partial charge in [-0.1, -0.05) is 0 Å². The van der Waals surface area contributed by atoms with Gasteiger partial charge in [0.2, 0.25) is 0 Å². The monoisotopic (exact) mass is 854 g/mol. The maximum absolute atomic E-state index is 12.5. The van der Waals surface area contributed by atoms with Gasteiger partial charge < -0.3 is 63.8 Å². The van der Waals surface area contributed by atoms with Gasteiger partial charge in [-0.2, -0.15) is 0 Å². The third kappa shape index (κ3) is 27.8. The van der Waals surface area contributed by atoms with Crippen LogP contribution in [0, 0.1) is 10.8 Å². The van der Waals surface area contributed by atoms with Crippen molar-refractivity contribution < 1.29 is 121 Å². The summed E-state index contributed by atoms with van der Waals surface area (Å²) in [6.45, 7) is -7.04. The third-order valence-electron chi connectivity index (χ3n) is 7.31. The van der Waals surface area contributed by atoms with Crippen molar-refractivity contribution in [2.24, 2.45) is 10.8 Å². The lowest BCUT2D eigenvalue weighted by atomic mass is 9.90. The highest BCUT2D eigenvalue weighted by molar-refractivity contribution is 5.79. The van der Waals surface area contributed by atoms with Gasteiger partial charge in [-0.15, -0.1) is 0 Å². The Morgan fingerprint density at radius 3 is 0.542 bits per heavy atom. The molecular formula is C34H46O25. The van der Waals surface area contributed by atoms with Crippen LogP contribution in [0.4, 0.5) is 0 Å². The summed E-state index contributed by atoms with van der Waals surface area (Å²) < 4.78 is 36.9. The normalized spacial score (nSPS) is 11.0. The van der Waals surface area contributed by atoms with Gasteiger partial charge in [-0.25, -0.2) is 0 Å². The highest BCUT2D eigenvalue weighted by Crippen LogP contribution is 2.27. The fourth-order valence-electron chi connectivity index (χ4n) is 4.07. The maximum atomic E-state index is 12.5. The van der Waals surface area contributed by atoms with E-state index in [2.05, 4.69) is 0 Å². The summed E-state index contributed by atoms with van der Waals surface area (Å²) in [6, 6.07) is 0. The van der Waals surface area contributed by atoms with E-state index in [4.69, 9.17) is 63.8 Å². The molecular weight excluding hydrogens is 808 g/mol. The topological polar surface area (TPSA) is 391 Å². The zero-order chi connectivity index (χ0) is 45.0. The Labute approximate surface area is 333 Å². The van der Waals surface area contributed by atoms with Crippen molar-refractivity contribution in [2.75, 3.05) is 52.9 Å². The predicted molar refractivity (Wildman–Crippen MR) is 183 cm³/mol. The van der Waals surface area contributed by atoms with Crippen LogP contribution >= 0.6 is 0 Å². The molecule has 0 aromatic heterocycles. The molecule has 0 aliphatic rings. The lowest BCUT2D eigenvalue weighted by molar-refractivity contribution is -0.177. The van der Waals surface area contributed by atoms with Crippen LogP contribution in [0.25, 0.3) is 0 Å². The molecule has 6 N–H and O–H groups in total. The summed E-state index contributed by atoms with van der Waals surface area (Å²) in [7, 11) is 0. The van der Waals surface area contributed by atoms with Crippen molar-refractivity contribution in [2.45, 2.75) is 77.0 Å². The first-order valence-corrected chi connectivity index (χ1v) is 17.4. The number of hydrogen-bond acceptors (Lipinski definition) is 19. The first-order valence-electron chi connectivity index (χ1n) is 17.4. The van der Waals surface area contributed by atoms with Gasteiger partial charge in [-0.3, -0.25) is 57.5 Å². The average molecular weight is 855 g/mol. The van der Waals surface area contributed by atoms with Crippen LogP contribution in [0.15, 0.2) is 0 Å². The van der Waals surface area contributed by atoms with E-state index in [1.807, 2.05) is 0 Å². The molecule has 0 heterocycles. The van der Waals surface area contributed by atoms with Gasteiger partial charge in [0.05, 0.1) is 101 Å². The van der Waals surface area contributed by atoms with Crippen molar-refractivity contribution in [1.29, 1.82) is 0 Å². The van der Waals surface area contributed by atoms with E-state index in [0.717, 1.165) is 0 Å². The van der Waals surface area contributed by atoms with Gasteiger partial charge in [0.25, 0.3) is 0 Å². The van der Waals surface area contributed by atoms with E-state index in [-0.39, 0.29) is 0 Å². The van der Waals surface area contributed by atoms with E-state index in [0.29, 0.717) is 0 Å². The van der Waals surface area contributed by atoms with Crippen LogP contribution in [-0.4, -0.2) is 155 Å². The summed E-state index contributed by atoms with van der Waals surface area (Å²) in [5, 5.41) is 53.7. The molecule has 0 aromatic carbocycles. The SMILES string of the molecule is O=C(O)CCC(=O)OCC(COCC(COC(=O)CCC(=O)O)(COC(=O)CCC(=O)O)COC(=O)CCC(=O)O)(COC(=O)CCC(=O)O)COC(=O)CCC(=O)O. The van der Waals surface area contributed by atoms with E-state index < -0.39 is 212 Å². The minimum Gasteiger partial charge on any atom is -0.481 e. The second-order valence-corrected chi connectivity index (χ2v) is 12.8. The number of carboxylic acid groups (broad SMARTS) is 6. The Hall–Kier alpha value is -6.40. The Bertz CT molecular complexity index is 1240. The highest BCUT2D eigenvalue weighted by atomic mass is 16.6. The molecule has 0 saturated carbocycles. The molecule has 0 unspecified atom stereocenters. The fraction of sp³-hybridized carbons (Fsp3) is 0.647. The van der Waals surface area contributed by atoms with E-state index in [9.17, 15) is 57.5 Å². The molecule has 25 heteroatoms. The highest BCUT2D eigenvalue weighted by Gasteiger charge is 2.41. The number of carbonyl (C=O) groups excluding carboxylic acids is 6. The average Bonchev–Trinajstić information content (AvgIpc) is 3.16. The Morgan fingerprint density at radius 2 is 0.407 bits per heavy atom. The number of ether oxygens (including phenoxy) is 7. The lowest BCUT2D eigenvalue weighted by Gasteiger charge is -2.35. The number of rotatable bonds is 34. The Kier molecular flexibility index (Phi) is 25.0. The number of carbonyl (C=O) groups is 12. The van der Waals surface area contributed by atoms with Crippen LogP contribution < -0.4 is 0 Å². The predicted octanol–water partition coefficient (Wildman–Crippen LogP) is -0.576. The van der Waals surface area contributed by atoms with Gasteiger partial charge >= 0.3 is 71.6 Å². The Morgan fingerprint density at radius 1 is 0.254 bits per heavy atom. The molecule has 0 amide bonds. The Balaban J connectivity index is 6.94. The molecule has 0 radical (unpaired) electrons. The molecule has 0 bridgehead atoms. The second kappa shape index (κ2) is 28.1. The van der Waals surface area contributed by atoms with Crippen LogP contribution in [0.3, 0.4) is 0 Å². The van der Waals surface area contributed by atoms with E-state index in [1.54, 1.807) is 0 Å². The molecule has 0 aliphatic carbocycles. The number of hydrogen-bond donors (Lipinski definition) is 6. The molecule has 0 spiro atoms. The summed E-state index contributed by atoms with van der Waals surface area (Å²) in [5.74, 6) is -15.1. The lowest BCUT2D eigenvalue weighted by Crippen LogP contribution is -2.47. The van der Waals surface area contributed by atoms with Crippen molar-refractivity contribution in [3.8, 4) is 0 Å². The van der Waals surface area contributed by atoms with Gasteiger partial charge in [0, 0.05) is 0 Å². The van der Waals surface area contributed by atoms with Crippen LogP contribution in [0.1, 0.15) is 77.0 Å². The number of aliphatic carboxylic acids is 6.